The summed E-state index contributed by atoms with van der Waals surface area (Å²) in [6, 6.07) is 8.26. The van der Waals surface area contributed by atoms with E-state index in [0.717, 1.165) is 73.4 Å². The van der Waals surface area contributed by atoms with Crippen molar-refractivity contribution in [3.8, 4) is 0 Å². The van der Waals surface area contributed by atoms with Crippen LogP contribution in [-0.2, 0) is 0 Å². The lowest BCUT2D eigenvalue weighted by molar-refractivity contribution is 0.107. The van der Waals surface area contributed by atoms with Gasteiger partial charge in [0.1, 0.15) is 6.04 Å². The van der Waals surface area contributed by atoms with Gasteiger partial charge in [0.25, 0.3) is 5.56 Å². The van der Waals surface area contributed by atoms with Crippen molar-refractivity contribution in [3.05, 3.63) is 51.6 Å². The predicted molar refractivity (Wildman–Crippen MR) is 120 cm³/mol. The molecule has 1 N–H and O–H groups in total. The summed E-state index contributed by atoms with van der Waals surface area (Å²) in [7, 11) is 0. The van der Waals surface area contributed by atoms with E-state index < -0.39 is 0 Å². The molecule has 0 spiro atoms. The van der Waals surface area contributed by atoms with Crippen molar-refractivity contribution in [2.45, 2.75) is 51.6 Å². The van der Waals surface area contributed by atoms with Gasteiger partial charge in [-0.05, 0) is 53.8 Å². The number of aromatic nitrogens is 5. The molecule has 8 heteroatoms. The summed E-state index contributed by atoms with van der Waals surface area (Å²) in [4.78, 5) is 21.3. The molecule has 1 unspecified atom stereocenters. The monoisotopic (exact) mass is 421 g/mol. The number of H-pyrrole nitrogens is 1. The summed E-state index contributed by atoms with van der Waals surface area (Å²) >= 11 is 0. The van der Waals surface area contributed by atoms with Gasteiger partial charge in [0.2, 0.25) is 0 Å². The lowest BCUT2D eigenvalue weighted by atomic mass is 10.0. The zero-order valence-electron chi connectivity index (χ0n) is 18.4. The van der Waals surface area contributed by atoms with E-state index in [1.54, 1.807) is 0 Å². The van der Waals surface area contributed by atoms with Crippen LogP contribution in [0.1, 0.15) is 61.6 Å². The Morgan fingerprint density at radius 3 is 2.68 bits per heavy atom. The predicted octanol–water partition coefficient (Wildman–Crippen LogP) is 2.67. The summed E-state index contributed by atoms with van der Waals surface area (Å²) < 4.78 is 2.00. The first kappa shape index (κ1) is 20.3. The first-order chi connectivity index (χ1) is 15.2. The molecule has 0 amide bonds. The number of benzene rings is 1. The van der Waals surface area contributed by atoms with Crippen LogP contribution in [0.5, 0.6) is 0 Å². The Balaban J connectivity index is 1.62. The van der Waals surface area contributed by atoms with E-state index in [9.17, 15) is 4.79 Å². The molecule has 2 aromatic heterocycles. The molecule has 31 heavy (non-hydrogen) atoms. The van der Waals surface area contributed by atoms with Crippen LogP contribution < -0.4 is 5.56 Å². The number of tetrazole rings is 1. The first-order valence-corrected chi connectivity index (χ1v) is 11.5. The highest BCUT2D eigenvalue weighted by Gasteiger charge is 2.34. The largest absolute Gasteiger partial charge is 0.321 e. The summed E-state index contributed by atoms with van der Waals surface area (Å²) in [5, 5.41) is 14.0. The highest BCUT2D eigenvalue weighted by atomic mass is 16.1. The Kier molecular flexibility index (Phi) is 5.58. The number of likely N-dealkylation sites (N-methyl/N-ethyl adjacent to an activating group) is 1. The van der Waals surface area contributed by atoms with Gasteiger partial charge >= 0.3 is 0 Å². The van der Waals surface area contributed by atoms with Crippen LogP contribution in [0.4, 0.5) is 0 Å². The molecule has 0 radical (unpaired) electrons. The molecular weight excluding hydrogens is 390 g/mol. The fourth-order valence-corrected chi connectivity index (χ4v) is 5.23. The molecule has 3 heterocycles. The number of aromatic amines is 1. The van der Waals surface area contributed by atoms with E-state index in [0.29, 0.717) is 6.04 Å². The van der Waals surface area contributed by atoms with Crippen molar-refractivity contribution in [3.63, 3.8) is 0 Å². The van der Waals surface area contributed by atoms with Crippen LogP contribution in [0.3, 0.4) is 0 Å². The van der Waals surface area contributed by atoms with Crippen molar-refractivity contribution < 1.29 is 0 Å². The van der Waals surface area contributed by atoms with Gasteiger partial charge in [-0.25, -0.2) is 4.68 Å². The molecule has 1 aliphatic heterocycles. The van der Waals surface area contributed by atoms with E-state index in [1.165, 1.54) is 12.8 Å². The smallest absolute Gasteiger partial charge is 0.253 e. The second kappa shape index (κ2) is 8.51. The highest BCUT2D eigenvalue weighted by Crippen LogP contribution is 2.34. The Hall–Kier alpha value is -2.58. The number of hydrogen-bond acceptors (Lipinski definition) is 6. The van der Waals surface area contributed by atoms with E-state index in [-0.39, 0.29) is 11.6 Å². The first-order valence-electron chi connectivity index (χ1n) is 11.5. The summed E-state index contributed by atoms with van der Waals surface area (Å²) in [6.07, 6.45) is 4.61. The molecule has 1 saturated heterocycles. The number of nitrogens with one attached hydrogen (secondary N) is 1. The minimum Gasteiger partial charge on any atom is -0.321 e. The average molecular weight is 422 g/mol. The van der Waals surface area contributed by atoms with Gasteiger partial charge < -0.3 is 9.88 Å². The zero-order valence-corrected chi connectivity index (χ0v) is 18.4. The molecule has 0 bridgehead atoms. The average Bonchev–Trinajstić information content (AvgIpc) is 3.47. The number of pyridine rings is 1. The molecule has 5 rings (SSSR count). The van der Waals surface area contributed by atoms with Crippen molar-refractivity contribution in [1.29, 1.82) is 0 Å². The number of fused-ring (bicyclic) bond motifs is 1. The molecule has 1 aromatic carbocycles. The third kappa shape index (κ3) is 3.78. The maximum Gasteiger partial charge on any atom is 0.253 e. The topological polar surface area (TPSA) is 82.9 Å². The third-order valence-corrected chi connectivity index (χ3v) is 7.06. The van der Waals surface area contributed by atoms with Gasteiger partial charge in [-0.1, -0.05) is 38.0 Å². The molecule has 2 fully saturated rings. The quantitative estimate of drug-likeness (QED) is 0.682. The van der Waals surface area contributed by atoms with Gasteiger partial charge in [-0.2, -0.15) is 0 Å². The molecule has 1 atom stereocenters. The Bertz CT molecular complexity index is 1110. The Labute approximate surface area is 182 Å². The second-order valence-corrected chi connectivity index (χ2v) is 8.89. The molecule has 3 aromatic rings. The lowest BCUT2D eigenvalue weighted by Gasteiger charge is -2.38. The minimum atomic E-state index is -0.247. The summed E-state index contributed by atoms with van der Waals surface area (Å²) in [5.74, 6) is 0.800. The SMILES string of the molecule is CCN1CCN(C(c2cc3cccc(C)c3[nH]c2=O)c2nnnn2C2CCCC2)CC1. The standard InChI is InChI=1S/C23H31N7O/c1-3-28-11-13-29(14-12-28)21(22-25-26-27-30(22)18-9-4-5-10-18)19-15-17-8-6-7-16(2)20(17)24-23(19)31/h6-8,15,18,21H,3-5,9-14H2,1-2H3,(H,24,31). The van der Waals surface area contributed by atoms with Gasteiger partial charge in [0.05, 0.1) is 11.6 Å². The number of aryl methyl sites for hydroxylation is 1. The normalized spacial score (nSPS) is 19.9. The maximum atomic E-state index is 13.3. The number of rotatable bonds is 5. The van der Waals surface area contributed by atoms with Gasteiger partial charge in [-0.15, -0.1) is 5.10 Å². The molecule has 1 saturated carbocycles. The van der Waals surface area contributed by atoms with E-state index >= 15 is 0 Å². The Morgan fingerprint density at radius 2 is 1.94 bits per heavy atom. The Morgan fingerprint density at radius 1 is 1.16 bits per heavy atom. The number of nitrogens with zero attached hydrogens (tertiary/aromatic N) is 6. The molecule has 164 valence electrons. The van der Waals surface area contributed by atoms with Crippen LogP contribution in [0.25, 0.3) is 10.9 Å². The minimum absolute atomic E-state index is 0.0503. The van der Waals surface area contributed by atoms with Gasteiger partial charge in [0, 0.05) is 31.7 Å². The molecular formula is C23H31N7O. The van der Waals surface area contributed by atoms with Crippen LogP contribution in [-0.4, -0.2) is 67.7 Å². The number of para-hydroxylation sites is 1. The van der Waals surface area contributed by atoms with Crippen molar-refractivity contribution in [2.24, 2.45) is 0 Å². The molecule has 8 nitrogen and oxygen atoms in total. The van der Waals surface area contributed by atoms with Crippen molar-refractivity contribution in [2.75, 3.05) is 32.7 Å². The van der Waals surface area contributed by atoms with Gasteiger partial charge in [-0.3, -0.25) is 9.69 Å². The van der Waals surface area contributed by atoms with Gasteiger partial charge in [0.15, 0.2) is 5.82 Å². The van der Waals surface area contributed by atoms with E-state index in [1.807, 2.05) is 29.8 Å². The van der Waals surface area contributed by atoms with Crippen molar-refractivity contribution in [1.82, 2.24) is 35.0 Å². The summed E-state index contributed by atoms with van der Waals surface area (Å²) in [5.41, 5.74) is 2.66. The maximum absolute atomic E-state index is 13.3. The number of hydrogen-bond donors (Lipinski definition) is 1. The number of piperazine rings is 1. The third-order valence-electron chi connectivity index (χ3n) is 7.06. The lowest BCUT2D eigenvalue weighted by Crippen LogP contribution is -2.49. The highest BCUT2D eigenvalue weighted by molar-refractivity contribution is 5.82. The van der Waals surface area contributed by atoms with Crippen molar-refractivity contribution >= 4 is 10.9 Å². The van der Waals surface area contributed by atoms with Crippen LogP contribution in [0, 0.1) is 6.92 Å². The fourth-order valence-electron chi connectivity index (χ4n) is 5.23. The van der Waals surface area contributed by atoms with Crippen LogP contribution in [0.2, 0.25) is 0 Å². The molecule has 1 aliphatic carbocycles. The van der Waals surface area contributed by atoms with E-state index in [2.05, 4.69) is 43.3 Å². The fraction of sp³-hybridized carbons (Fsp3) is 0.565. The second-order valence-electron chi connectivity index (χ2n) is 8.89. The van der Waals surface area contributed by atoms with E-state index in [4.69, 9.17) is 0 Å². The van der Waals surface area contributed by atoms with Crippen LogP contribution in [0.15, 0.2) is 29.1 Å². The van der Waals surface area contributed by atoms with Crippen LogP contribution >= 0.6 is 0 Å². The molecule has 2 aliphatic rings. The summed E-state index contributed by atoms with van der Waals surface area (Å²) in [6.45, 7) is 9.03. The zero-order chi connectivity index (χ0) is 21.4.